The van der Waals surface area contributed by atoms with Gasteiger partial charge >= 0.3 is 0 Å². The zero-order valence-corrected chi connectivity index (χ0v) is 10.0. The molecule has 0 aliphatic rings. The van der Waals surface area contributed by atoms with Crippen LogP contribution in [-0.4, -0.2) is 5.11 Å². The predicted molar refractivity (Wildman–Crippen MR) is 68.5 cm³/mol. The third kappa shape index (κ3) is 3.04. The van der Waals surface area contributed by atoms with Gasteiger partial charge in [-0.3, -0.25) is 0 Å². The number of benzene rings is 2. The van der Waals surface area contributed by atoms with Crippen molar-refractivity contribution in [3.63, 3.8) is 0 Å². The van der Waals surface area contributed by atoms with Gasteiger partial charge in [0.25, 0.3) is 0 Å². The quantitative estimate of drug-likeness (QED) is 0.762. The van der Waals surface area contributed by atoms with E-state index < -0.39 is 0 Å². The van der Waals surface area contributed by atoms with Crippen molar-refractivity contribution in [2.24, 2.45) is 10.2 Å². The fourth-order valence-corrected chi connectivity index (χ4v) is 1.45. The van der Waals surface area contributed by atoms with Gasteiger partial charge in [-0.1, -0.05) is 11.6 Å². The molecule has 2 aromatic carbocycles. The summed E-state index contributed by atoms with van der Waals surface area (Å²) in [5.41, 5.74) is 2.22. The Bertz CT molecular complexity index is 550. The lowest BCUT2D eigenvalue weighted by atomic mass is 10.2. The maximum absolute atomic E-state index is 9.37. The second-order valence-corrected chi connectivity index (χ2v) is 4.08. The van der Waals surface area contributed by atoms with E-state index in [4.69, 9.17) is 11.6 Å². The van der Waals surface area contributed by atoms with Gasteiger partial charge in [0, 0.05) is 5.02 Å². The molecule has 0 unspecified atom stereocenters. The first-order valence-electron chi connectivity index (χ1n) is 5.12. The number of azo groups is 1. The van der Waals surface area contributed by atoms with E-state index in [0.29, 0.717) is 10.7 Å². The van der Waals surface area contributed by atoms with Gasteiger partial charge in [0.1, 0.15) is 5.75 Å². The molecule has 4 heteroatoms. The first kappa shape index (κ1) is 11.6. The summed E-state index contributed by atoms with van der Waals surface area (Å²) in [7, 11) is 0. The summed E-state index contributed by atoms with van der Waals surface area (Å²) < 4.78 is 0. The summed E-state index contributed by atoms with van der Waals surface area (Å²) >= 11 is 5.77. The molecule has 86 valence electrons. The highest BCUT2D eigenvalue weighted by molar-refractivity contribution is 6.30. The van der Waals surface area contributed by atoms with Crippen LogP contribution in [0.4, 0.5) is 11.4 Å². The predicted octanol–water partition coefficient (Wildman–Crippen LogP) is 4.77. The summed E-state index contributed by atoms with van der Waals surface area (Å²) in [5.74, 6) is 0.260. The molecule has 0 radical (unpaired) electrons. The van der Waals surface area contributed by atoms with Crippen molar-refractivity contribution < 1.29 is 5.11 Å². The molecule has 0 saturated carbocycles. The number of phenolic OH excluding ortho intramolecular Hbond substituents is 1. The molecular formula is C13H11ClN2O. The van der Waals surface area contributed by atoms with E-state index in [1.54, 1.807) is 42.5 Å². The molecule has 0 atom stereocenters. The largest absolute Gasteiger partial charge is 0.508 e. The minimum absolute atomic E-state index is 0.260. The molecule has 0 fully saturated rings. The van der Waals surface area contributed by atoms with E-state index in [-0.39, 0.29) is 5.75 Å². The number of halogens is 1. The van der Waals surface area contributed by atoms with Crippen molar-refractivity contribution in [2.45, 2.75) is 6.92 Å². The molecule has 0 bridgehead atoms. The van der Waals surface area contributed by atoms with Crippen LogP contribution < -0.4 is 0 Å². The Hall–Kier alpha value is -1.87. The Balaban J connectivity index is 2.20. The zero-order valence-electron chi connectivity index (χ0n) is 9.26. The van der Waals surface area contributed by atoms with Gasteiger partial charge in [-0.05, 0) is 55.0 Å². The highest BCUT2D eigenvalue weighted by Crippen LogP contribution is 2.24. The molecule has 0 saturated heterocycles. The van der Waals surface area contributed by atoms with Crippen molar-refractivity contribution in [1.82, 2.24) is 0 Å². The van der Waals surface area contributed by atoms with E-state index in [1.807, 2.05) is 6.92 Å². The van der Waals surface area contributed by atoms with Crippen LogP contribution in [0.15, 0.2) is 52.7 Å². The highest BCUT2D eigenvalue weighted by Gasteiger charge is 1.96. The van der Waals surface area contributed by atoms with Gasteiger partial charge in [0.05, 0.1) is 11.4 Å². The lowest BCUT2D eigenvalue weighted by Gasteiger charge is -1.98. The molecular weight excluding hydrogens is 236 g/mol. The fraction of sp³-hybridized carbons (Fsp3) is 0.0769. The zero-order chi connectivity index (χ0) is 12.3. The lowest BCUT2D eigenvalue weighted by Crippen LogP contribution is -1.72. The average molecular weight is 247 g/mol. The summed E-state index contributed by atoms with van der Waals surface area (Å²) in [5, 5.41) is 18.2. The Morgan fingerprint density at radius 1 is 0.941 bits per heavy atom. The van der Waals surface area contributed by atoms with Crippen LogP contribution in [-0.2, 0) is 0 Å². The molecule has 17 heavy (non-hydrogen) atoms. The lowest BCUT2D eigenvalue weighted by molar-refractivity contribution is 0.471. The number of hydrogen-bond donors (Lipinski definition) is 1. The van der Waals surface area contributed by atoms with E-state index in [0.717, 1.165) is 11.3 Å². The van der Waals surface area contributed by atoms with Crippen LogP contribution in [0.2, 0.25) is 5.02 Å². The maximum Gasteiger partial charge on any atom is 0.118 e. The fourth-order valence-electron chi connectivity index (χ4n) is 1.33. The molecule has 0 spiro atoms. The van der Waals surface area contributed by atoms with E-state index in [2.05, 4.69) is 10.2 Å². The van der Waals surface area contributed by atoms with Crippen LogP contribution in [0.3, 0.4) is 0 Å². The average Bonchev–Trinajstić information content (AvgIpc) is 2.33. The van der Waals surface area contributed by atoms with Crippen molar-refractivity contribution in [2.75, 3.05) is 0 Å². The van der Waals surface area contributed by atoms with E-state index in [9.17, 15) is 5.11 Å². The third-order valence-electron chi connectivity index (χ3n) is 2.29. The van der Waals surface area contributed by atoms with Gasteiger partial charge in [-0.2, -0.15) is 10.2 Å². The van der Waals surface area contributed by atoms with Crippen LogP contribution in [0.25, 0.3) is 0 Å². The molecule has 2 rings (SSSR count). The first-order valence-corrected chi connectivity index (χ1v) is 5.50. The van der Waals surface area contributed by atoms with Crippen molar-refractivity contribution in [1.29, 1.82) is 0 Å². The van der Waals surface area contributed by atoms with E-state index >= 15 is 0 Å². The van der Waals surface area contributed by atoms with Gasteiger partial charge < -0.3 is 5.11 Å². The monoisotopic (exact) mass is 246 g/mol. The number of phenols is 1. The van der Waals surface area contributed by atoms with Gasteiger partial charge in [0.15, 0.2) is 0 Å². The van der Waals surface area contributed by atoms with Crippen LogP contribution >= 0.6 is 11.6 Å². The van der Waals surface area contributed by atoms with Gasteiger partial charge in [0.2, 0.25) is 0 Å². The molecule has 0 amide bonds. The Kier molecular flexibility index (Phi) is 3.40. The topological polar surface area (TPSA) is 45.0 Å². The summed E-state index contributed by atoms with van der Waals surface area (Å²) in [4.78, 5) is 0. The second-order valence-electron chi connectivity index (χ2n) is 3.65. The highest BCUT2D eigenvalue weighted by atomic mass is 35.5. The minimum atomic E-state index is 0.260. The standard InChI is InChI=1S/C13H11ClN2O/c1-9-8-12(6-7-13(9)17)16-15-11-4-2-10(14)3-5-11/h2-8,17H,1H3. The number of aromatic hydroxyl groups is 1. The molecule has 3 nitrogen and oxygen atoms in total. The van der Waals surface area contributed by atoms with E-state index in [1.165, 1.54) is 0 Å². The molecule has 0 aromatic heterocycles. The Morgan fingerprint density at radius 3 is 2.18 bits per heavy atom. The smallest absolute Gasteiger partial charge is 0.118 e. The summed E-state index contributed by atoms with van der Waals surface area (Å²) in [6, 6.07) is 12.2. The molecule has 0 heterocycles. The van der Waals surface area contributed by atoms with Crippen LogP contribution in [0.1, 0.15) is 5.56 Å². The Labute approximate surface area is 104 Å². The minimum Gasteiger partial charge on any atom is -0.508 e. The number of nitrogens with zero attached hydrogens (tertiary/aromatic N) is 2. The molecule has 0 aliphatic carbocycles. The number of hydrogen-bond acceptors (Lipinski definition) is 3. The van der Waals surface area contributed by atoms with Crippen molar-refractivity contribution in [3.8, 4) is 5.75 Å². The SMILES string of the molecule is Cc1cc(N=Nc2ccc(Cl)cc2)ccc1O. The first-order chi connectivity index (χ1) is 8.15. The van der Waals surface area contributed by atoms with Crippen LogP contribution in [0, 0.1) is 6.92 Å². The van der Waals surface area contributed by atoms with Crippen molar-refractivity contribution in [3.05, 3.63) is 53.1 Å². The second kappa shape index (κ2) is 4.97. The van der Waals surface area contributed by atoms with Gasteiger partial charge in [-0.25, -0.2) is 0 Å². The number of aryl methyl sites for hydroxylation is 1. The maximum atomic E-state index is 9.37. The third-order valence-corrected chi connectivity index (χ3v) is 2.54. The summed E-state index contributed by atoms with van der Waals surface area (Å²) in [6.07, 6.45) is 0. The molecule has 0 aliphatic heterocycles. The van der Waals surface area contributed by atoms with Crippen LogP contribution in [0.5, 0.6) is 5.75 Å². The van der Waals surface area contributed by atoms with Crippen molar-refractivity contribution >= 4 is 23.0 Å². The molecule has 1 N–H and O–H groups in total. The number of rotatable bonds is 2. The Morgan fingerprint density at radius 2 is 1.53 bits per heavy atom. The summed E-state index contributed by atoms with van der Waals surface area (Å²) in [6.45, 7) is 1.82. The molecule has 2 aromatic rings. The van der Waals surface area contributed by atoms with Gasteiger partial charge in [-0.15, -0.1) is 0 Å². The normalized spacial score (nSPS) is 10.9.